The highest BCUT2D eigenvalue weighted by Gasteiger charge is 2.21. The Labute approximate surface area is 84.7 Å². The van der Waals surface area contributed by atoms with Gasteiger partial charge in [-0.05, 0) is 25.3 Å². The summed E-state index contributed by atoms with van der Waals surface area (Å²) in [5, 5.41) is 3.36. The first-order chi connectivity index (χ1) is 6.75. The van der Waals surface area contributed by atoms with Gasteiger partial charge in [0.1, 0.15) is 6.04 Å². The Morgan fingerprint density at radius 3 is 2.36 bits per heavy atom. The number of hydrogen-bond acceptors (Lipinski definition) is 2. The number of hydrogen-bond donors (Lipinski definition) is 0. The zero-order valence-electron chi connectivity index (χ0n) is 9.10. The molecule has 0 aliphatic carbocycles. The molecule has 1 atom stereocenters. The van der Waals surface area contributed by atoms with Crippen LogP contribution in [-0.4, -0.2) is 29.9 Å². The fourth-order valence-electron chi connectivity index (χ4n) is 1.33. The molecule has 1 unspecified atom stereocenters. The first-order valence-corrected chi connectivity index (χ1v) is 5.08. The Bertz CT molecular complexity index is 217. The molecule has 1 saturated heterocycles. The molecular weight excluding hydrogens is 180 g/mol. The van der Waals surface area contributed by atoms with E-state index < -0.39 is 6.04 Å². The third kappa shape index (κ3) is 3.66. The predicted octanol–water partition coefficient (Wildman–Crippen LogP) is 2.33. The van der Waals surface area contributed by atoms with Crippen molar-refractivity contribution in [3.8, 4) is 0 Å². The van der Waals surface area contributed by atoms with Gasteiger partial charge in [-0.2, -0.15) is 0 Å². The van der Waals surface area contributed by atoms with Crippen LogP contribution in [0.2, 0.25) is 0 Å². The molecule has 1 fully saturated rings. The van der Waals surface area contributed by atoms with Crippen LogP contribution < -0.4 is 0 Å². The number of rotatable bonds is 2. The third-order valence-electron chi connectivity index (χ3n) is 2.00. The summed E-state index contributed by atoms with van der Waals surface area (Å²) in [7, 11) is 0. The predicted molar refractivity (Wildman–Crippen MR) is 55.8 cm³/mol. The molecule has 0 aromatic carbocycles. The number of amides is 1. The standard InChI is InChI=1S/C7H12N4O.C2H6/c1-6(9-10-8)7(12)11-4-2-3-5-11;1-2/h6H,2-5H2,1H3;1-2H3. The van der Waals surface area contributed by atoms with E-state index in [0.29, 0.717) is 0 Å². The van der Waals surface area contributed by atoms with Crippen LogP contribution >= 0.6 is 0 Å². The van der Waals surface area contributed by atoms with Gasteiger partial charge in [-0.3, -0.25) is 4.79 Å². The average molecular weight is 198 g/mol. The smallest absolute Gasteiger partial charge is 0.231 e. The molecule has 0 saturated carbocycles. The van der Waals surface area contributed by atoms with E-state index in [2.05, 4.69) is 10.0 Å². The van der Waals surface area contributed by atoms with Crippen molar-refractivity contribution in [3.63, 3.8) is 0 Å². The second kappa shape index (κ2) is 7.21. The fourth-order valence-corrected chi connectivity index (χ4v) is 1.33. The van der Waals surface area contributed by atoms with Crippen molar-refractivity contribution in [1.29, 1.82) is 0 Å². The highest BCUT2D eigenvalue weighted by atomic mass is 16.2. The highest BCUT2D eigenvalue weighted by Crippen LogP contribution is 2.10. The molecule has 0 aromatic rings. The Morgan fingerprint density at radius 2 is 1.93 bits per heavy atom. The van der Waals surface area contributed by atoms with Crippen molar-refractivity contribution in [2.75, 3.05) is 13.1 Å². The van der Waals surface area contributed by atoms with Crippen molar-refractivity contribution in [3.05, 3.63) is 10.4 Å². The van der Waals surface area contributed by atoms with E-state index in [0.717, 1.165) is 25.9 Å². The van der Waals surface area contributed by atoms with Crippen LogP contribution in [0.1, 0.15) is 33.6 Å². The molecule has 0 aromatic heterocycles. The zero-order chi connectivity index (χ0) is 11.0. The van der Waals surface area contributed by atoms with Crippen LogP contribution in [0, 0.1) is 0 Å². The van der Waals surface area contributed by atoms with Crippen LogP contribution in [0.5, 0.6) is 0 Å². The Kier molecular flexibility index (Phi) is 6.58. The molecule has 80 valence electrons. The maximum Gasteiger partial charge on any atom is 0.231 e. The monoisotopic (exact) mass is 198 g/mol. The number of azide groups is 1. The maximum absolute atomic E-state index is 11.4. The summed E-state index contributed by atoms with van der Waals surface area (Å²) >= 11 is 0. The SMILES string of the molecule is CC.CC(N=[N+]=[N-])C(=O)N1CCCC1. The summed E-state index contributed by atoms with van der Waals surface area (Å²) in [6, 6.07) is -0.548. The molecule has 0 spiro atoms. The van der Waals surface area contributed by atoms with Gasteiger partial charge < -0.3 is 4.90 Å². The van der Waals surface area contributed by atoms with E-state index in [4.69, 9.17) is 5.53 Å². The van der Waals surface area contributed by atoms with E-state index in [1.807, 2.05) is 13.8 Å². The lowest BCUT2D eigenvalue weighted by Gasteiger charge is -2.16. The molecule has 0 bridgehead atoms. The van der Waals surface area contributed by atoms with Crippen molar-refractivity contribution >= 4 is 5.91 Å². The Balaban J connectivity index is 0.000000791. The van der Waals surface area contributed by atoms with Crippen LogP contribution in [0.4, 0.5) is 0 Å². The van der Waals surface area contributed by atoms with Crippen LogP contribution in [-0.2, 0) is 4.79 Å². The Hall–Kier alpha value is -1.22. The third-order valence-corrected chi connectivity index (χ3v) is 2.00. The number of carbonyl (C=O) groups is 1. The molecule has 1 heterocycles. The molecule has 0 N–H and O–H groups in total. The molecule has 0 radical (unpaired) electrons. The number of carbonyl (C=O) groups excluding carboxylic acids is 1. The van der Waals surface area contributed by atoms with E-state index in [-0.39, 0.29) is 5.91 Å². The van der Waals surface area contributed by atoms with Gasteiger partial charge in [-0.1, -0.05) is 19.0 Å². The fraction of sp³-hybridized carbons (Fsp3) is 0.889. The molecule has 14 heavy (non-hydrogen) atoms. The molecule has 1 amide bonds. The normalized spacial score (nSPS) is 16.4. The topological polar surface area (TPSA) is 69.1 Å². The van der Waals surface area contributed by atoms with E-state index in [1.165, 1.54) is 0 Å². The molecular formula is C9H18N4O. The van der Waals surface area contributed by atoms with E-state index >= 15 is 0 Å². The molecule has 1 rings (SSSR count). The van der Waals surface area contributed by atoms with Crippen LogP contribution in [0.25, 0.3) is 10.4 Å². The average Bonchev–Trinajstić information content (AvgIpc) is 2.73. The van der Waals surface area contributed by atoms with Crippen molar-refractivity contribution < 1.29 is 4.79 Å². The molecule has 1 aliphatic heterocycles. The van der Waals surface area contributed by atoms with Gasteiger partial charge in [0, 0.05) is 18.0 Å². The summed E-state index contributed by atoms with van der Waals surface area (Å²) in [6.07, 6.45) is 2.13. The van der Waals surface area contributed by atoms with Gasteiger partial charge in [0.25, 0.3) is 0 Å². The first kappa shape index (κ1) is 12.8. The lowest BCUT2D eigenvalue weighted by Crippen LogP contribution is -2.34. The minimum Gasteiger partial charge on any atom is -0.342 e. The van der Waals surface area contributed by atoms with Crippen LogP contribution in [0.3, 0.4) is 0 Å². The van der Waals surface area contributed by atoms with Gasteiger partial charge >= 0.3 is 0 Å². The summed E-state index contributed by atoms with van der Waals surface area (Å²) < 4.78 is 0. The van der Waals surface area contributed by atoms with Crippen molar-refractivity contribution in [2.45, 2.75) is 39.7 Å². The molecule has 5 nitrogen and oxygen atoms in total. The second-order valence-corrected chi connectivity index (χ2v) is 2.91. The highest BCUT2D eigenvalue weighted by molar-refractivity contribution is 5.81. The second-order valence-electron chi connectivity index (χ2n) is 2.91. The minimum atomic E-state index is -0.548. The van der Waals surface area contributed by atoms with E-state index in [9.17, 15) is 4.79 Å². The van der Waals surface area contributed by atoms with Crippen LogP contribution in [0.15, 0.2) is 5.11 Å². The van der Waals surface area contributed by atoms with Gasteiger partial charge in [0.15, 0.2) is 0 Å². The first-order valence-electron chi connectivity index (χ1n) is 5.08. The summed E-state index contributed by atoms with van der Waals surface area (Å²) in [4.78, 5) is 15.8. The van der Waals surface area contributed by atoms with Gasteiger partial charge in [-0.15, -0.1) is 0 Å². The van der Waals surface area contributed by atoms with Gasteiger partial charge in [-0.25, -0.2) is 0 Å². The van der Waals surface area contributed by atoms with Gasteiger partial charge in [0.05, 0.1) is 0 Å². The molecule has 1 aliphatic rings. The number of nitrogens with zero attached hydrogens (tertiary/aromatic N) is 4. The summed E-state index contributed by atoms with van der Waals surface area (Å²) in [5.41, 5.74) is 8.12. The van der Waals surface area contributed by atoms with Gasteiger partial charge in [0.2, 0.25) is 5.91 Å². The van der Waals surface area contributed by atoms with E-state index in [1.54, 1.807) is 11.8 Å². The Morgan fingerprint density at radius 1 is 1.43 bits per heavy atom. The summed E-state index contributed by atoms with van der Waals surface area (Å²) in [5.74, 6) is -0.0506. The zero-order valence-corrected chi connectivity index (χ0v) is 9.10. The largest absolute Gasteiger partial charge is 0.342 e. The van der Waals surface area contributed by atoms with Crippen molar-refractivity contribution in [1.82, 2.24) is 4.90 Å². The van der Waals surface area contributed by atoms with Crippen molar-refractivity contribution in [2.24, 2.45) is 5.11 Å². The lowest BCUT2D eigenvalue weighted by atomic mass is 10.3. The summed E-state index contributed by atoms with van der Waals surface area (Å²) in [6.45, 7) is 7.24. The quantitative estimate of drug-likeness (QED) is 0.381. The number of likely N-dealkylation sites (tertiary alicyclic amines) is 1. The maximum atomic E-state index is 11.4. The lowest BCUT2D eigenvalue weighted by molar-refractivity contribution is -0.131. The molecule has 5 heteroatoms. The minimum absolute atomic E-state index is 0.0506.